The third-order valence-corrected chi connectivity index (χ3v) is 3.18. The Balaban J connectivity index is 1.99. The Bertz CT molecular complexity index is 192. The van der Waals surface area contributed by atoms with Gasteiger partial charge in [-0.3, -0.25) is 4.79 Å². The lowest BCUT2D eigenvalue weighted by Crippen LogP contribution is -2.75. The van der Waals surface area contributed by atoms with Crippen molar-refractivity contribution in [1.82, 2.24) is 5.32 Å². The van der Waals surface area contributed by atoms with Gasteiger partial charge in [0.05, 0.1) is 12.5 Å². The number of methoxy groups -OCH3 is 1. The van der Waals surface area contributed by atoms with Crippen molar-refractivity contribution in [1.29, 1.82) is 0 Å². The first kappa shape index (κ1) is 7.10. The number of hydrogen-bond acceptors (Lipinski definition) is 3. The van der Waals surface area contributed by atoms with Crippen LogP contribution in [0.4, 0.5) is 0 Å². The van der Waals surface area contributed by atoms with Crippen LogP contribution in [0.5, 0.6) is 0 Å². The molecule has 3 aliphatic rings. The Morgan fingerprint density at radius 3 is 2.36 bits per heavy atom. The number of ether oxygens (including phenoxy) is 1. The molecule has 0 atom stereocenters. The van der Waals surface area contributed by atoms with E-state index < -0.39 is 0 Å². The SMILES string of the molecule is CNC12CC(C(=O)OC)(C1)C2. The zero-order valence-electron chi connectivity index (χ0n) is 6.94. The van der Waals surface area contributed by atoms with Gasteiger partial charge in [0.2, 0.25) is 0 Å². The molecule has 1 N–H and O–H groups in total. The number of carbonyl (C=O) groups is 1. The van der Waals surface area contributed by atoms with Gasteiger partial charge in [0.25, 0.3) is 0 Å². The van der Waals surface area contributed by atoms with Crippen molar-refractivity contribution in [2.45, 2.75) is 24.8 Å². The summed E-state index contributed by atoms with van der Waals surface area (Å²) in [5.74, 6) is -0.0189. The van der Waals surface area contributed by atoms with E-state index in [0.29, 0.717) is 5.54 Å². The molecular formula is C8H13NO2. The summed E-state index contributed by atoms with van der Waals surface area (Å²) < 4.78 is 4.72. The summed E-state index contributed by atoms with van der Waals surface area (Å²) in [4.78, 5) is 11.2. The normalized spacial score (nSPS) is 45.6. The van der Waals surface area contributed by atoms with Gasteiger partial charge in [-0.15, -0.1) is 0 Å². The summed E-state index contributed by atoms with van der Waals surface area (Å²) in [5.41, 5.74) is 0.214. The fraction of sp³-hybridized carbons (Fsp3) is 0.875. The van der Waals surface area contributed by atoms with E-state index in [4.69, 9.17) is 4.74 Å². The van der Waals surface area contributed by atoms with Crippen molar-refractivity contribution < 1.29 is 9.53 Å². The van der Waals surface area contributed by atoms with E-state index >= 15 is 0 Å². The highest BCUT2D eigenvalue weighted by molar-refractivity contribution is 5.81. The molecular weight excluding hydrogens is 142 g/mol. The first-order chi connectivity index (χ1) is 5.16. The molecule has 0 aromatic heterocycles. The van der Waals surface area contributed by atoms with E-state index in [2.05, 4.69) is 5.32 Å². The van der Waals surface area contributed by atoms with Gasteiger partial charge >= 0.3 is 5.97 Å². The largest absolute Gasteiger partial charge is 0.469 e. The van der Waals surface area contributed by atoms with Crippen LogP contribution in [-0.2, 0) is 9.53 Å². The molecule has 3 heteroatoms. The second-order valence-corrected chi connectivity index (χ2v) is 3.83. The Morgan fingerprint density at radius 1 is 1.45 bits per heavy atom. The molecule has 0 unspecified atom stereocenters. The summed E-state index contributed by atoms with van der Waals surface area (Å²) in [7, 11) is 3.43. The lowest BCUT2D eigenvalue weighted by Gasteiger charge is -2.68. The average molecular weight is 155 g/mol. The number of carbonyl (C=O) groups excluding carboxylic acids is 1. The Morgan fingerprint density at radius 2 is 2.00 bits per heavy atom. The van der Waals surface area contributed by atoms with Crippen molar-refractivity contribution in [3.63, 3.8) is 0 Å². The standard InChI is InChI=1S/C8H13NO2/c1-9-8-3-7(4-8,5-8)6(10)11-2/h9H,3-5H2,1-2H3. The van der Waals surface area contributed by atoms with Gasteiger partial charge in [-0.05, 0) is 26.3 Å². The molecule has 3 aliphatic carbocycles. The molecule has 0 heterocycles. The van der Waals surface area contributed by atoms with Gasteiger partial charge in [0.15, 0.2) is 0 Å². The lowest BCUT2D eigenvalue weighted by molar-refractivity contribution is -0.200. The van der Waals surface area contributed by atoms with Crippen LogP contribution in [-0.4, -0.2) is 25.7 Å². The fourth-order valence-corrected chi connectivity index (χ4v) is 2.49. The Hall–Kier alpha value is -0.570. The lowest BCUT2D eigenvalue weighted by atomic mass is 9.39. The van der Waals surface area contributed by atoms with Crippen LogP contribution in [0.1, 0.15) is 19.3 Å². The van der Waals surface area contributed by atoms with Crippen molar-refractivity contribution in [2.75, 3.05) is 14.2 Å². The summed E-state index contributed by atoms with van der Waals surface area (Å²) >= 11 is 0. The van der Waals surface area contributed by atoms with E-state index in [9.17, 15) is 4.79 Å². The van der Waals surface area contributed by atoms with Crippen LogP contribution in [0.25, 0.3) is 0 Å². The maximum Gasteiger partial charge on any atom is 0.312 e. The summed E-state index contributed by atoms with van der Waals surface area (Å²) in [6.45, 7) is 0. The van der Waals surface area contributed by atoms with Crippen LogP contribution >= 0.6 is 0 Å². The molecule has 0 spiro atoms. The highest BCUT2D eigenvalue weighted by Gasteiger charge is 2.71. The number of esters is 1. The number of hydrogen-bond donors (Lipinski definition) is 1. The smallest absolute Gasteiger partial charge is 0.312 e. The third-order valence-electron chi connectivity index (χ3n) is 3.18. The minimum atomic E-state index is -0.0856. The van der Waals surface area contributed by atoms with Crippen LogP contribution < -0.4 is 5.32 Å². The molecule has 0 radical (unpaired) electrons. The molecule has 3 rings (SSSR count). The molecule has 0 aliphatic heterocycles. The van der Waals surface area contributed by atoms with Crippen molar-refractivity contribution >= 4 is 5.97 Å². The molecule has 0 aromatic rings. The number of rotatable bonds is 2. The molecule has 0 amide bonds. The molecule has 3 fully saturated rings. The quantitative estimate of drug-likeness (QED) is 0.583. The van der Waals surface area contributed by atoms with Crippen molar-refractivity contribution in [3.8, 4) is 0 Å². The highest BCUT2D eigenvalue weighted by Crippen LogP contribution is 2.67. The Kier molecular flexibility index (Phi) is 1.15. The van der Waals surface area contributed by atoms with Gasteiger partial charge in [-0.1, -0.05) is 0 Å². The molecule has 0 saturated heterocycles. The van der Waals surface area contributed by atoms with Gasteiger partial charge in [-0.2, -0.15) is 0 Å². The van der Waals surface area contributed by atoms with Gasteiger partial charge in [0, 0.05) is 5.54 Å². The first-order valence-corrected chi connectivity index (χ1v) is 3.94. The van der Waals surface area contributed by atoms with Crippen molar-refractivity contribution in [3.05, 3.63) is 0 Å². The minimum absolute atomic E-state index is 0.0189. The van der Waals surface area contributed by atoms with Crippen LogP contribution in [0.3, 0.4) is 0 Å². The predicted molar refractivity (Wildman–Crippen MR) is 40.1 cm³/mol. The summed E-state index contributed by atoms with van der Waals surface area (Å²) in [5, 5.41) is 3.24. The monoisotopic (exact) mass is 155 g/mol. The average Bonchev–Trinajstić information content (AvgIpc) is 1.83. The fourth-order valence-electron chi connectivity index (χ4n) is 2.49. The third kappa shape index (κ3) is 0.644. The zero-order chi connectivity index (χ0) is 8.11. The highest BCUT2D eigenvalue weighted by atomic mass is 16.5. The van der Waals surface area contributed by atoms with E-state index in [0.717, 1.165) is 19.3 Å². The maximum absolute atomic E-state index is 11.2. The zero-order valence-corrected chi connectivity index (χ0v) is 6.94. The summed E-state index contributed by atoms with van der Waals surface area (Å²) in [6, 6.07) is 0. The maximum atomic E-state index is 11.2. The molecule has 3 saturated carbocycles. The molecule has 11 heavy (non-hydrogen) atoms. The number of nitrogens with one attached hydrogen (secondary N) is 1. The van der Waals surface area contributed by atoms with Crippen LogP contribution in [0.2, 0.25) is 0 Å². The molecule has 2 bridgehead atoms. The molecule has 3 nitrogen and oxygen atoms in total. The molecule has 0 aromatic carbocycles. The minimum Gasteiger partial charge on any atom is -0.469 e. The first-order valence-electron chi connectivity index (χ1n) is 3.94. The van der Waals surface area contributed by atoms with Crippen LogP contribution in [0.15, 0.2) is 0 Å². The molecule has 62 valence electrons. The second-order valence-electron chi connectivity index (χ2n) is 3.83. The van der Waals surface area contributed by atoms with E-state index in [1.807, 2.05) is 7.05 Å². The predicted octanol–water partition coefficient (Wildman–Crippen LogP) is 0.301. The van der Waals surface area contributed by atoms with Gasteiger partial charge in [0.1, 0.15) is 0 Å². The van der Waals surface area contributed by atoms with E-state index in [1.54, 1.807) is 0 Å². The Labute approximate surface area is 66.1 Å². The second kappa shape index (κ2) is 1.78. The topological polar surface area (TPSA) is 38.3 Å². The van der Waals surface area contributed by atoms with E-state index in [-0.39, 0.29) is 11.4 Å². The van der Waals surface area contributed by atoms with Gasteiger partial charge < -0.3 is 10.1 Å². The van der Waals surface area contributed by atoms with E-state index in [1.165, 1.54) is 7.11 Å². The summed E-state index contributed by atoms with van der Waals surface area (Å²) in [6.07, 6.45) is 2.93. The van der Waals surface area contributed by atoms with Gasteiger partial charge in [-0.25, -0.2) is 0 Å². The van der Waals surface area contributed by atoms with Crippen molar-refractivity contribution in [2.24, 2.45) is 5.41 Å². The van der Waals surface area contributed by atoms with Crippen LogP contribution in [0, 0.1) is 5.41 Å².